The molecule has 2 rings (SSSR count). The van der Waals surface area contributed by atoms with Gasteiger partial charge in [0.15, 0.2) is 0 Å². The Morgan fingerprint density at radius 3 is 2.73 bits per heavy atom. The van der Waals surface area contributed by atoms with E-state index in [2.05, 4.69) is 57.5 Å². The van der Waals surface area contributed by atoms with Crippen LogP contribution in [0, 0.1) is 0 Å². The highest BCUT2D eigenvalue weighted by Crippen LogP contribution is 2.21. The van der Waals surface area contributed by atoms with Gasteiger partial charge in [-0.2, -0.15) is 0 Å². The van der Waals surface area contributed by atoms with Gasteiger partial charge in [-0.25, -0.2) is 0 Å². The summed E-state index contributed by atoms with van der Waals surface area (Å²) in [5.74, 6) is 0. The molecule has 1 heterocycles. The lowest BCUT2D eigenvalue weighted by molar-refractivity contribution is 0.449. The van der Waals surface area contributed by atoms with Crippen LogP contribution in [0.4, 0.5) is 5.69 Å². The standard InChI is InChI=1S/C12H17BrN2/c1-14-11-3-2-8-15(9-11)12-6-4-10(13)5-7-12/h4-7,11,14H,2-3,8-9H2,1H3. The molecular weight excluding hydrogens is 252 g/mol. The van der Waals surface area contributed by atoms with E-state index in [1.165, 1.54) is 25.1 Å². The molecule has 1 fully saturated rings. The molecule has 1 aliphatic rings. The van der Waals surface area contributed by atoms with E-state index in [0.717, 1.165) is 11.0 Å². The van der Waals surface area contributed by atoms with Crippen LogP contribution >= 0.6 is 15.9 Å². The minimum Gasteiger partial charge on any atom is -0.370 e. The Balaban J connectivity index is 2.06. The second-order valence-electron chi connectivity index (χ2n) is 4.05. The summed E-state index contributed by atoms with van der Waals surface area (Å²) in [6.45, 7) is 2.30. The molecule has 3 heteroatoms. The molecule has 0 aliphatic carbocycles. The Labute approximate surface area is 99.8 Å². The lowest BCUT2D eigenvalue weighted by Crippen LogP contribution is -2.44. The van der Waals surface area contributed by atoms with Gasteiger partial charge in [0.2, 0.25) is 0 Å². The van der Waals surface area contributed by atoms with Crippen LogP contribution in [0.15, 0.2) is 28.7 Å². The number of anilines is 1. The molecule has 0 amide bonds. The summed E-state index contributed by atoms with van der Waals surface area (Å²) < 4.78 is 1.15. The van der Waals surface area contributed by atoms with Crippen molar-refractivity contribution in [1.82, 2.24) is 5.32 Å². The van der Waals surface area contributed by atoms with Gasteiger partial charge < -0.3 is 10.2 Å². The molecule has 0 radical (unpaired) electrons. The lowest BCUT2D eigenvalue weighted by atomic mass is 10.1. The van der Waals surface area contributed by atoms with Crippen molar-refractivity contribution in [2.75, 3.05) is 25.0 Å². The minimum absolute atomic E-state index is 0.641. The second-order valence-corrected chi connectivity index (χ2v) is 4.97. The molecule has 0 saturated carbocycles. The number of likely N-dealkylation sites (N-methyl/N-ethyl adjacent to an activating group) is 1. The van der Waals surface area contributed by atoms with Gasteiger partial charge in [0, 0.05) is 29.3 Å². The number of rotatable bonds is 2. The zero-order valence-electron chi connectivity index (χ0n) is 9.04. The molecule has 1 N–H and O–H groups in total. The van der Waals surface area contributed by atoms with Gasteiger partial charge in [-0.15, -0.1) is 0 Å². The van der Waals surface area contributed by atoms with Crippen molar-refractivity contribution in [3.05, 3.63) is 28.7 Å². The van der Waals surface area contributed by atoms with E-state index in [-0.39, 0.29) is 0 Å². The van der Waals surface area contributed by atoms with Crippen molar-refractivity contribution in [1.29, 1.82) is 0 Å². The molecule has 1 unspecified atom stereocenters. The molecule has 82 valence electrons. The van der Waals surface area contributed by atoms with Crippen LogP contribution in [0.25, 0.3) is 0 Å². The predicted molar refractivity (Wildman–Crippen MR) is 68.4 cm³/mol. The third-order valence-corrected chi connectivity index (χ3v) is 3.55. The average Bonchev–Trinajstić information content (AvgIpc) is 2.30. The van der Waals surface area contributed by atoms with E-state index < -0.39 is 0 Å². The van der Waals surface area contributed by atoms with Gasteiger partial charge in [-0.1, -0.05) is 15.9 Å². The monoisotopic (exact) mass is 268 g/mol. The van der Waals surface area contributed by atoms with Crippen molar-refractivity contribution in [2.45, 2.75) is 18.9 Å². The largest absolute Gasteiger partial charge is 0.370 e. The van der Waals surface area contributed by atoms with Gasteiger partial charge in [0.1, 0.15) is 0 Å². The van der Waals surface area contributed by atoms with E-state index in [1.54, 1.807) is 0 Å². The van der Waals surface area contributed by atoms with E-state index in [0.29, 0.717) is 6.04 Å². The van der Waals surface area contributed by atoms with E-state index in [1.807, 2.05) is 0 Å². The number of benzene rings is 1. The van der Waals surface area contributed by atoms with Gasteiger partial charge in [0.25, 0.3) is 0 Å². The summed E-state index contributed by atoms with van der Waals surface area (Å²) in [5, 5.41) is 3.36. The van der Waals surface area contributed by atoms with Gasteiger partial charge in [-0.05, 0) is 44.2 Å². The first-order valence-corrected chi connectivity index (χ1v) is 6.26. The maximum absolute atomic E-state index is 3.46. The topological polar surface area (TPSA) is 15.3 Å². The first kappa shape index (κ1) is 11.0. The van der Waals surface area contributed by atoms with Gasteiger partial charge in [0.05, 0.1) is 0 Å². The first-order valence-electron chi connectivity index (χ1n) is 5.47. The fourth-order valence-corrected chi connectivity index (χ4v) is 2.36. The van der Waals surface area contributed by atoms with E-state index in [9.17, 15) is 0 Å². The van der Waals surface area contributed by atoms with E-state index >= 15 is 0 Å². The van der Waals surface area contributed by atoms with Crippen LogP contribution in [-0.4, -0.2) is 26.2 Å². The number of piperidine rings is 1. The summed E-state index contributed by atoms with van der Waals surface area (Å²) in [6, 6.07) is 9.23. The Kier molecular flexibility index (Phi) is 3.65. The normalized spacial score (nSPS) is 21.7. The Bertz CT molecular complexity index is 310. The Hall–Kier alpha value is -0.540. The Morgan fingerprint density at radius 2 is 2.07 bits per heavy atom. The van der Waals surface area contributed by atoms with Crippen LogP contribution in [-0.2, 0) is 0 Å². The zero-order valence-corrected chi connectivity index (χ0v) is 10.6. The van der Waals surface area contributed by atoms with Crippen LogP contribution in [0.1, 0.15) is 12.8 Å². The summed E-state index contributed by atoms with van der Waals surface area (Å²) in [7, 11) is 2.05. The molecule has 0 bridgehead atoms. The van der Waals surface area contributed by atoms with Crippen LogP contribution in [0.5, 0.6) is 0 Å². The highest BCUT2D eigenvalue weighted by molar-refractivity contribution is 9.10. The quantitative estimate of drug-likeness (QED) is 0.888. The molecule has 1 aromatic rings. The molecule has 15 heavy (non-hydrogen) atoms. The average molecular weight is 269 g/mol. The number of nitrogens with one attached hydrogen (secondary N) is 1. The van der Waals surface area contributed by atoms with Gasteiger partial charge in [-0.3, -0.25) is 0 Å². The maximum atomic E-state index is 3.46. The van der Waals surface area contributed by atoms with Crippen LogP contribution in [0.2, 0.25) is 0 Å². The smallest absolute Gasteiger partial charge is 0.0367 e. The van der Waals surface area contributed by atoms with Crippen molar-refractivity contribution < 1.29 is 0 Å². The third-order valence-electron chi connectivity index (χ3n) is 3.02. The minimum atomic E-state index is 0.641. The summed E-state index contributed by atoms with van der Waals surface area (Å²) in [5.41, 5.74) is 1.33. The summed E-state index contributed by atoms with van der Waals surface area (Å²) >= 11 is 3.46. The summed E-state index contributed by atoms with van der Waals surface area (Å²) in [6.07, 6.45) is 2.57. The first-order chi connectivity index (χ1) is 7.29. The molecule has 1 aromatic carbocycles. The zero-order chi connectivity index (χ0) is 10.7. The highest BCUT2D eigenvalue weighted by Gasteiger charge is 2.18. The molecule has 1 aliphatic heterocycles. The van der Waals surface area contributed by atoms with Crippen molar-refractivity contribution >= 4 is 21.6 Å². The number of nitrogens with zero attached hydrogens (tertiary/aromatic N) is 1. The van der Waals surface area contributed by atoms with Crippen LogP contribution < -0.4 is 10.2 Å². The maximum Gasteiger partial charge on any atom is 0.0367 e. The number of hydrogen-bond acceptors (Lipinski definition) is 2. The fraction of sp³-hybridized carbons (Fsp3) is 0.500. The van der Waals surface area contributed by atoms with Crippen molar-refractivity contribution in [2.24, 2.45) is 0 Å². The summed E-state index contributed by atoms with van der Waals surface area (Å²) in [4.78, 5) is 2.46. The van der Waals surface area contributed by atoms with Gasteiger partial charge >= 0.3 is 0 Å². The molecular formula is C12H17BrN2. The molecule has 1 atom stereocenters. The highest BCUT2D eigenvalue weighted by atomic mass is 79.9. The van der Waals surface area contributed by atoms with E-state index in [4.69, 9.17) is 0 Å². The third kappa shape index (κ3) is 2.73. The fourth-order valence-electron chi connectivity index (χ4n) is 2.10. The molecule has 2 nitrogen and oxygen atoms in total. The number of hydrogen-bond donors (Lipinski definition) is 1. The Morgan fingerprint density at radius 1 is 1.33 bits per heavy atom. The molecule has 0 spiro atoms. The SMILES string of the molecule is CNC1CCCN(c2ccc(Br)cc2)C1. The van der Waals surface area contributed by atoms with Crippen molar-refractivity contribution in [3.8, 4) is 0 Å². The van der Waals surface area contributed by atoms with Crippen molar-refractivity contribution in [3.63, 3.8) is 0 Å². The second kappa shape index (κ2) is 4.99. The molecule has 1 saturated heterocycles. The van der Waals surface area contributed by atoms with Crippen LogP contribution in [0.3, 0.4) is 0 Å². The molecule has 0 aromatic heterocycles. The lowest BCUT2D eigenvalue weighted by Gasteiger charge is -2.34. The number of halogens is 1. The predicted octanol–water partition coefficient (Wildman–Crippen LogP) is 2.64.